The molecule has 2 bridgehead atoms. The van der Waals surface area contributed by atoms with Crippen molar-refractivity contribution >= 4 is 0 Å². The quantitative estimate of drug-likeness (QED) is 0.479. The van der Waals surface area contributed by atoms with E-state index in [0.717, 1.165) is 5.92 Å². The highest BCUT2D eigenvalue weighted by atomic mass is 14.3. The lowest BCUT2D eigenvalue weighted by atomic mass is 9.95. The van der Waals surface area contributed by atoms with E-state index < -0.39 is 0 Å². The van der Waals surface area contributed by atoms with Crippen LogP contribution in [0.1, 0.15) is 96.3 Å². The summed E-state index contributed by atoms with van der Waals surface area (Å²) in [4.78, 5) is 0. The largest absolute Gasteiger partial charge is 0.0533 e. The van der Waals surface area contributed by atoms with Gasteiger partial charge in [0.05, 0.1) is 0 Å². The van der Waals surface area contributed by atoms with Gasteiger partial charge in [-0.15, -0.1) is 0 Å². The summed E-state index contributed by atoms with van der Waals surface area (Å²) in [6.45, 7) is 0. The van der Waals surface area contributed by atoms with Gasteiger partial charge in [0.15, 0.2) is 0 Å². The molecule has 0 aromatic heterocycles. The topological polar surface area (TPSA) is 0 Å². The van der Waals surface area contributed by atoms with Crippen LogP contribution >= 0.6 is 0 Å². The van der Waals surface area contributed by atoms with Crippen LogP contribution in [0.2, 0.25) is 0 Å². The van der Waals surface area contributed by atoms with Crippen molar-refractivity contribution < 1.29 is 0 Å². The van der Waals surface area contributed by atoms with Crippen LogP contribution in [-0.2, 0) is 0 Å². The fourth-order valence-corrected chi connectivity index (χ4v) is 3.72. The van der Waals surface area contributed by atoms with Crippen molar-refractivity contribution in [3.05, 3.63) is 5.92 Å². The molecule has 0 aromatic rings. The SMILES string of the molecule is C1CCCCCCC2CC[C](CCCCC1)C2. The molecule has 0 spiro atoms. The molecule has 0 heterocycles. The summed E-state index contributed by atoms with van der Waals surface area (Å²) < 4.78 is 0. The third kappa shape index (κ3) is 5.44. The van der Waals surface area contributed by atoms with Crippen molar-refractivity contribution in [2.24, 2.45) is 5.92 Å². The van der Waals surface area contributed by atoms with Crippen LogP contribution in [0.15, 0.2) is 0 Å². The number of rotatable bonds is 0. The van der Waals surface area contributed by atoms with Crippen LogP contribution in [0.4, 0.5) is 0 Å². The van der Waals surface area contributed by atoms with Gasteiger partial charge < -0.3 is 0 Å². The lowest BCUT2D eigenvalue weighted by Crippen LogP contribution is -1.96. The van der Waals surface area contributed by atoms with Crippen LogP contribution < -0.4 is 0 Å². The smallest absolute Gasteiger partial charge is 0.0238 e. The zero-order valence-electron chi connectivity index (χ0n) is 11.7. The van der Waals surface area contributed by atoms with E-state index in [1.807, 2.05) is 5.92 Å². The molecule has 2 fully saturated rings. The second-order valence-electron chi connectivity index (χ2n) is 6.43. The van der Waals surface area contributed by atoms with E-state index in [2.05, 4.69) is 0 Å². The van der Waals surface area contributed by atoms with Crippen LogP contribution in [0.25, 0.3) is 0 Å². The van der Waals surface area contributed by atoms with Crippen molar-refractivity contribution in [3.8, 4) is 0 Å². The monoisotopic (exact) mass is 235 g/mol. The van der Waals surface area contributed by atoms with Gasteiger partial charge in [-0.2, -0.15) is 0 Å². The van der Waals surface area contributed by atoms with Crippen molar-refractivity contribution in [2.75, 3.05) is 0 Å². The highest BCUT2D eigenvalue weighted by Crippen LogP contribution is 2.38. The van der Waals surface area contributed by atoms with Gasteiger partial charge in [-0.05, 0) is 37.5 Å². The Labute approximate surface area is 109 Å². The lowest BCUT2D eigenvalue weighted by molar-refractivity contribution is 0.462. The zero-order chi connectivity index (χ0) is 11.8. The molecule has 1 radical (unpaired) electrons. The molecule has 17 heavy (non-hydrogen) atoms. The normalized spacial score (nSPS) is 30.7. The summed E-state index contributed by atoms with van der Waals surface area (Å²) in [5.74, 6) is 3.00. The van der Waals surface area contributed by atoms with Gasteiger partial charge in [-0.3, -0.25) is 0 Å². The Balaban J connectivity index is 1.68. The van der Waals surface area contributed by atoms with Gasteiger partial charge in [0.25, 0.3) is 0 Å². The first-order chi connectivity index (χ1) is 8.45. The third-order valence-electron chi connectivity index (χ3n) is 4.88. The van der Waals surface area contributed by atoms with Gasteiger partial charge >= 0.3 is 0 Å². The molecule has 1 atom stereocenters. The minimum Gasteiger partial charge on any atom is -0.0533 e. The molecule has 0 saturated heterocycles. The summed E-state index contributed by atoms with van der Waals surface area (Å²) in [5, 5.41) is 0. The van der Waals surface area contributed by atoms with Crippen molar-refractivity contribution in [1.29, 1.82) is 0 Å². The van der Waals surface area contributed by atoms with Crippen LogP contribution in [0.5, 0.6) is 0 Å². The Morgan fingerprint density at radius 2 is 1.12 bits per heavy atom. The molecule has 0 aliphatic heterocycles. The fourth-order valence-electron chi connectivity index (χ4n) is 3.72. The van der Waals surface area contributed by atoms with Gasteiger partial charge in [0.1, 0.15) is 0 Å². The van der Waals surface area contributed by atoms with E-state index in [4.69, 9.17) is 0 Å². The molecular formula is C17H31. The van der Waals surface area contributed by atoms with Gasteiger partial charge in [0.2, 0.25) is 0 Å². The Morgan fingerprint density at radius 3 is 1.82 bits per heavy atom. The summed E-state index contributed by atoms with van der Waals surface area (Å²) in [6, 6.07) is 0. The summed E-state index contributed by atoms with van der Waals surface area (Å²) in [7, 11) is 0. The highest BCUT2D eigenvalue weighted by molar-refractivity contribution is 4.97. The second kappa shape index (κ2) is 8.16. The summed E-state index contributed by atoms with van der Waals surface area (Å²) >= 11 is 0. The molecule has 1 unspecified atom stereocenters. The Morgan fingerprint density at radius 1 is 0.529 bits per heavy atom. The summed E-state index contributed by atoms with van der Waals surface area (Å²) in [5.41, 5.74) is 0. The fraction of sp³-hybridized carbons (Fsp3) is 0.941. The minimum absolute atomic E-state index is 1.08. The predicted octanol–water partition coefficient (Wildman–Crippen LogP) is 6.06. The van der Waals surface area contributed by atoms with E-state index in [-0.39, 0.29) is 0 Å². The average Bonchev–Trinajstić information content (AvgIpc) is 2.77. The molecule has 2 rings (SSSR count). The molecule has 2 aliphatic carbocycles. The molecule has 0 amide bonds. The molecule has 0 nitrogen and oxygen atoms in total. The molecule has 2 aliphatic rings. The first-order valence-electron chi connectivity index (χ1n) is 8.29. The van der Waals surface area contributed by atoms with E-state index in [0.29, 0.717) is 0 Å². The lowest BCUT2D eigenvalue weighted by Gasteiger charge is -2.10. The maximum absolute atomic E-state index is 1.92. The first-order valence-corrected chi connectivity index (χ1v) is 8.29. The van der Waals surface area contributed by atoms with Crippen molar-refractivity contribution in [3.63, 3.8) is 0 Å². The molecule has 99 valence electrons. The van der Waals surface area contributed by atoms with Gasteiger partial charge in [-0.25, -0.2) is 0 Å². The van der Waals surface area contributed by atoms with E-state index in [1.54, 1.807) is 0 Å². The number of hydrogen-bond acceptors (Lipinski definition) is 0. The van der Waals surface area contributed by atoms with Crippen LogP contribution in [-0.4, -0.2) is 0 Å². The van der Waals surface area contributed by atoms with E-state index in [1.165, 1.54) is 96.3 Å². The number of hydrogen-bond donors (Lipinski definition) is 0. The minimum atomic E-state index is 1.08. The average molecular weight is 235 g/mol. The summed E-state index contributed by atoms with van der Waals surface area (Å²) in [6.07, 6.45) is 22.5. The van der Waals surface area contributed by atoms with E-state index >= 15 is 0 Å². The standard InChI is InChI=1S/C17H31/c1-2-4-6-8-10-12-17-14-13-16(15-17)11-9-7-5-3-1/h16H,1-15H2. The van der Waals surface area contributed by atoms with Crippen molar-refractivity contribution in [2.45, 2.75) is 96.3 Å². The van der Waals surface area contributed by atoms with Gasteiger partial charge in [-0.1, -0.05) is 70.6 Å². The second-order valence-corrected chi connectivity index (χ2v) is 6.43. The first kappa shape index (κ1) is 13.4. The molecule has 0 aromatic carbocycles. The molecule has 0 N–H and O–H groups in total. The Hall–Kier alpha value is 0. The third-order valence-corrected chi connectivity index (χ3v) is 4.88. The molecule has 0 heteroatoms. The maximum Gasteiger partial charge on any atom is -0.0238 e. The van der Waals surface area contributed by atoms with E-state index in [9.17, 15) is 0 Å². The van der Waals surface area contributed by atoms with Crippen LogP contribution in [0, 0.1) is 11.8 Å². The molecular weight excluding hydrogens is 204 g/mol. The Bertz CT molecular complexity index is 164. The Kier molecular flexibility index (Phi) is 6.45. The highest BCUT2D eigenvalue weighted by Gasteiger charge is 2.23. The number of fused-ring (bicyclic) bond motifs is 2. The zero-order valence-corrected chi connectivity index (χ0v) is 11.7. The van der Waals surface area contributed by atoms with Crippen LogP contribution in [0.3, 0.4) is 0 Å². The maximum atomic E-state index is 1.92. The molecule has 2 saturated carbocycles. The van der Waals surface area contributed by atoms with Gasteiger partial charge in [0, 0.05) is 0 Å². The predicted molar refractivity (Wildman–Crippen MR) is 76.0 cm³/mol. The van der Waals surface area contributed by atoms with Crippen molar-refractivity contribution in [1.82, 2.24) is 0 Å².